The molecule has 1 aromatic heterocycles. The summed E-state index contributed by atoms with van der Waals surface area (Å²) in [6.45, 7) is 0. The van der Waals surface area contributed by atoms with Crippen LogP contribution in [-0.4, -0.2) is 44.3 Å². The molecule has 2 amide bonds. The van der Waals surface area contributed by atoms with E-state index in [-0.39, 0.29) is 28.2 Å². The van der Waals surface area contributed by atoms with Crippen LogP contribution >= 0.6 is 11.3 Å². The number of thiophene rings is 1. The summed E-state index contributed by atoms with van der Waals surface area (Å²) in [6.07, 6.45) is -1.13. The molecule has 11 nitrogen and oxygen atoms in total. The zero-order valence-corrected chi connectivity index (χ0v) is 24.8. The molecular formula is C34H27N3O8S. The monoisotopic (exact) mass is 637 g/mol. The van der Waals surface area contributed by atoms with E-state index in [1.165, 1.54) is 18.2 Å². The molecule has 12 heteroatoms. The van der Waals surface area contributed by atoms with E-state index in [0.717, 1.165) is 28.0 Å². The van der Waals surface area contributed by atoms with Gasteiger partial charge in [0.25, 0.3) is 5.69 Å². The maximum Gasteiger partial charge on any atom is 0.348 e. The predicted molar refractivity (Wildman–Crippen MR) is 173 cm³/mol. The molecule has 0 aliphatic heterocycles. The van der Waals surface area contributed by atoms with Crippen LogP contribution < -0.4 is 10.6 Å². The average molecular weight is 638 g/mol. The van der Waals surface area contributed by atoms with Crippen molar-refractivity contribution in [2.24, 2.45) is 0 Å². The van der Waals surface area contributed by atoms with Crippen LogP contribution in [0.25, 0.3) is 21.6 Å². The molecule has 5 N–H and O–H groups in total. The number of rotatable bonds is 11. The van der Waals surface area contributed by atoms with E-state index in [0.29, 0.717) is 16.0 Å². The van der Waals surface area contributed by atoms with Gasteiger partial charge in [-0.15, -0.1) is 11.3 Å². The van der Waals surface area contributed by atoms with Gasteiger partial charge in [0.1, 0.15) is 17.0 Å². The number of para-hydroxylation sites is 1. The van der Waals surface area contributed by atoms with Crippen LogP contribution in [0.1, 0.15) is 32.5 Å². The number of benzene rings is 4. The normalized spacial score (nSPS) is 12.1. The van der Waals surface area contributed by atoms with Crippen LogP contribution in [0.3, 0.4) is 0 Å². The molecule has 0 radical (unpaired) electrons. The lowest BCUT2D eigenvalue weighted by Crippen LogP contribution is -2.44. The number of aromatic carboxylic acids is 1. The summed E-state index contributed by atoms with van der Waals surface area (Å²) in [7, 11) is 0. The van der Waals surface area contributed by atoms with Crippen molar-refractivity contribution < 1.29 is 34.6 Å². The van der Waals surface area contributed by atoms with Crippen LogP contribution in [0.5, 0.6) is 0 Å². The van der Waals surface area contributed by atoms with Crippen molar-refractivity contribution in [3.8, 4) is 21.6 Å². The first-order chi connectivity index (χ1) is 22.1. The van der Waals surface area contributed by atoms with Crippen molar-refractivity contribution in [3.63, 3.8) is 0 Å². The highest BCUT2D eigenvalue weighted by Gasteiger charge is 2.24. The van der Waals surface area contributed by atoms with E-state index in [1.54, 1.807) is 78.9 Å². The summed E-state index contributed by atoms with van der Waals surface area (Å²) >= 11 is 0.964. The van der Waals surface area contributed by atoms with Crippen molar-refractivity contribution in [1.82, 2.24) is 5.32 Å². The van der Waals surface area contributed by atoms with Crippen LogP contribution in [-0.2, 0) is 11.2 Å². The summed E-state index contributed by atoms with van der Waals surface area (Å²) < 4.78 is 0. The molecule has 46 heavy (non-hydrogen) atoms. The number of urea groups is 1. The van der Waals surface area contributed by atoms with Gasteiger partial charge in [-0.2, -0.15) is 0 Å². The predicted octanol–water partition coefficient (Wildman–Crippen LogP) is 6.59. The lowest BCUT2D eigenvalue weighted by Gasteiger charge is -2.15. The van der Waals surface area contributed by atoms with Gasteiger partial charge in [0.05, 0.1) is 16.2 Å². The zero-order valence-electron chi connectivity index (χ0n) is 24.0. The fourth-order valence-corrected chi connectivity index (χ4v) is 5.86. The average Bonchev–Trinajstić information content (AvgIpc) is 3.48. The quantitative estimate of drug-likeness (QED) is 0.0795. The Morgan fingerprint density at radius 2 is 1.39 bits per heavy atom. The molecule has 5 rings (SSSR count). The molecule has 0 spiro atoms. The van der Waals surface area contributed by atoms with E-state index in [4.69, 9.17) is 0 Å². The number of hydrogen-bond donors (Lipinski definition) is 5. The number of hydrogen-bond acceptors (Lipinski definition) is 7. The first kappa shape index (κ1) is 31.6. The van der Waals surface area contributed by atoms with E-state index >= 15 is 0 Å². The molecule has 0 bridgehead atoms. The van der Waals surface area contributed by atoms with Crippen LogP contribution in [0, 0.1) is 10.1 Å². The molecule has 232 valence electrons. The smallest absolute Gasteiger partial charge is 0.348 e. The highest BCUT2D eigenvalue weighted by atomic mass is 32.1. The Morgan fingerprint density at radius 3 is 2.00 bits per heavy atom. The van der Waals surface area contributed by atoms with Crippen LogP contribution in [0.4, 0.5) is 16.2 Å². The molecule has 0 saturated heterocycles. The van der Waals surface area contributed by atoms with Crippen molar-refractivity contribution in [2.75, 3.05) is 5.32 Å². The molecule has 0 fully saturated rings. The second kappa shape index (κ2) is 13.8. The molecule has 0 saturated carbocycles. The zero-order chi connectivity index (χ0) is 32.8. The topological polar surface area (TPSA) is 179 Å². The summed E-state index contributed by atoms with van der Waals surface area (Å²) in [5, 5.41) is 46.4. The Morgan fingerprint density at radius 1 is 0.804 bits per heavy atom. The standard InChI is InChI=1S/C34H27N3O8S/c38-30(25-8-4-5-9-28(25)37(44)45)24-16-12-22(13-17-24)21-10-14-23(15-11-21)29-19-26(31(46-29)33(41)42)35-34(43)36-27(32(39)40)18-20-6-2-1-3-7-20/h1-17,19,27,30,38H,18H2,(H,39,40)(H,41,42)(H2,35,36,43)/t27-,30?/m0/s1. The van der Waals surface area contributed by atoms with Gasteiger partial charge in [0.2, 0.25) is 0 Å². The number of carboxylic acid groups (broad SMARTS) is 2. The number of aliphatic hydroxyl groups excluding tert-OH is 1. The van der Waals surface area contributed by atoms with E-state index in [9.17, 15) is 39.8 Å². The molecule has 0 aliphatic carbocycles. The van der Waals surface area contributed by atoms with Crippen molar-refractivity contribution >= 4 is 40.7 Å². The third-order valence-electron chi connectivity index (χ3n) is 7.22. The molecule has 0 aliphatic rings. The maximum atomic E-state index is 12.7. The lowest BCUT2D eigenvalue weighted by atomic mass is 9.97. The third kappa shape index (κ3) is 7.26. The van der Waals surface area contributed by atoms with E-state index < -0.39 is 35.0 Å². The van der Waals surface area contributed by atoms with Gasteiger partial charge in [-0.25, -0.2) is 14.4 Å². The Balaban J connectivity index is 1.29. The Hall–Kier alpha value is -5.85. The van der Waals surface area contributed by atoms with Gasteiger partial charge in [0.15, 0.2) is 0 Å². The number of carboxylic acids is 2. The number of carbonyl (C=O) groups is 3. The van der Waals surface area contributed by atoms with Gasteiger partial charge < -0.3 is 26.0 Å². The minimum atomic E-state index is -1.25. The number of nitro benzene ring substituents is 1. The number of nitro groups is 1. The molecule has 5 aromatic rings. The largest absolute Gasteiger partial charge is 0.480 e. The highest BCUT2D eigenvalue weighted by molar-refractivity contribution is 7.18. The van der Waals surface area contributed by atoms with Gasteiger partial charge in [0, 0.05) is 17.4 Å². The van der Waals surface area contributed by atoms with E-state index in [1.807, 2.05) is 12.1 Å². The molecule has 2 atom stereocenters. The minimum absolute atomic E-state index is 0.0331. The number of carbonyl (C=O) groups excluding carboxylic acids is 1. The Labute approximate surface area is 266 Å². The van der Waals surface area contributed by atoms with Gasteiger partial charge in [-0.1, -0.05) is 91.0 Å². The number of nitrogens with zero attached hydrogens (tertiary/aromatic N) is 1. The summed E-state index contributed by atoms with van der Waals surface area (Å²) in [5.74, 6) is -2.47. The lowest BCUT2D eigenvalue weighted by molar-refractivity contribution is -0.386. The summed E-state index contributed by atoms with van der Waals surface area (Å²) in [5.41, 5.74) is 3.63. The fraction of sp³-hybridized carbons (Fsp3) is 0.0882. The van der Waals surface area contributed by atoms with Crippen LogP contribution in [0.15, 0.2) is 109 Å². The third-order valence-corrected chi connectivity index (χ3v) is 8.39. The number of aliphatic carboxylic acids is 1. The summed E-state index contributed by atoms with van der Waals surface area (Å²) in [6, 6.07) is 28.5. The number of amides is 2. The Bertz CT molecular complexity index is 1890. The van der Waals surface area contributed by atoms with Crippen molar-refractivity contribution in [3.05, 3.63) is 141 Å². The molecule has 1 heterocycles. The van der Waals surface area contributed by atoms with Gasteiger partial charge >= 0.3 is 18.0 Å². The van der Waals surface area contributed by atoms with E-state index in [2.05, 4.69) is 10.6 Å². The maximum absolute atomic E-state index is 12.7. The van der Waals surface area contributed by atoms with Crippen molar-refractivity contribution in [1.29, 1.82) is 0 Å². The highest BCUT2D eigenvalue weighted by Crippen LogP contribution is 2.36. The molecule has 1 unspecified atom stereocenters. The number of aliphatic hydroxyl groups is 1. The second-order valence-corrected chi connectivity index (χ2v) is 11.3. The Kier molecular flexibility index (Phi) is 9.50. The number of anilines is 1. The first-order valence-corrected chi connectivity index (χ1v) is 14.8. The number of nitrogens with one attached hydrogen (secondary N) is 2. The van der Waals surface area contributed by atoms with Crippen LogP contribution in [0.2, 0.25) is 0 Å². The molecular weight excluding hydrogens is 610 g/mol. The fourth-order valence-electron chi connectivity index (χ4n) is 4.90. The second-order valence-electron chi connectivity index (χ2n) is 10.3. The molecule has 4 aromatic carbocycles. The summed E-state index contributed by atoms with van der Waals surface area (Å²) in [4.78, 5) is 47.7. The van der Waals surface area contributed by atoms with Crippen molar-refractivity contribution in [2.45, 2.75) is 18.6 Å². The van der Waals surface area contributed by atoms with Gasteiger partial charge in [-0.05, 0) is 39.9 Å². The first-order valence-electron chi connectivity index (χ1n) is 13.9. The SMILES string of the molecule is O=C(Nc1cc(-c2ccc(-c3ccc(C(O)c4ccccc4[N+](=O)[O-])cc3)cc2)sc1C(=O)O)N[C@@H](Cc1ccccc1)C(=O)O. The van der Waals surface area contributed by atoms with Gasteiger partial charge in [-0.3, -0.25) is 10.1 Å². The minimum Gasteiger partial charge on any atom is -0.480 e.